The topological polar surface area (TPSA) is 83.4 Å². The van der Waals surface area contributed by atoms with Crippen molar-refractivity contribution in [2.24, 2.45) is 0 Å². The maximum Gasteiger partial charge on any atom is 0.296 e. The van der Waals surface area contributed by atoms with Crippen LogP contribution in [0.3, 0.4) is 0 Å². The number of anilines is 1. The van der Waals surface area contributed by atoms with Crippen LogP contribution in [0.15, 0.2) is 123 Å². The van der Waals surface area contributed by atoms with Crippen molar-refractivity contribution in [2.75, 3.05) is 4.90 Å². The Kier molecular flexibility index (Phi) is 7.82. The summed E-state index contributed by atoms with van der Waals surface area (Å²) in [7, 11) is 0. The zero-order valence-corrected chi connectivity index (χ0v) is 24.7. The van der Waals surface area contributed by atoms with Crippen LogP contribution >= 0.6 is 39.0 Å². The Morgan fingerprint density at radius 2 is 1.68 bits per heavy atom. The van der Waals surface area contributed by atoms with Crippen molar-refractivity contribution in [3.8, 4) is 0 Å². The first kappa shape index (κ1) is 27.1. The first-order valence-corrected chi connectivity index (χ1v) is 15.3. The van der Waals surface area contributed by atoms with Gasteiger partial charge in [0.1, 0.15) is 0 Å². The Hall–Kier alpha value is -4.05. The number of hydrogen-bond donors (Lipinski definition) is 1. The largest absolute Gasteiger partial charge is 0.503 e. The molecule has 6 rings (SSSR count). The molecular weight excluding hydrogens is 618 g/mol. The van der Waals surface area contributed by atoms with Gasteiger partial charge in [-0.2, -0.15) is 0 Å². The first-order chi connectivity index (χ1) is 20.0. The van der Waals surface area contributed by atoms with Gasteiger partial charge < -0.3 is 5.11 Å². The molecule has 0 saturated heterocycles. The number of halogens is 1. The lowest BCUT2D eigenvalue weighted by Gasteiger charge is -2.23. The second kappa shape index (κ2) is 11.8. The molecular formula is C32H22BrN3O3S2. The molecule has 5 aromatic rings. The molecule has 1 atom stereocenters. The average molecular weight is 641 g/mol. The monoisotopic (exact) mass is 639 g/mol. The predicted octanol–water partition coefficient (Wildman–Crippen LogP) is 7.93. The van der Waals surface area contributed by atoms with Crippen molar-refractivity contribution in [1.82, 2.24) is 10.2 Å². The summed E-state index contributed by atoms with van der Waals surface area (Å²) in [5.41, 5.74) is 2.68. The van der Waals surface area contributed by atoms with Gasteiger partial charge in [0.05, 0.1) is 11.6 Å². The minimum Gasteiger partial charge on any atom is -0.503 e. The molecule has 0 spiro atoms. The molecule has 1 aromatic heterocycles. The zero-order chi connectivity index (χ0) is 28.3. The van der Waals surface area contributed by atoms with Gasteiger partial charge in [-0.1, -0.05) is 130 Å². The number of amides is 1. The number of aromatic nitrogens is 2. The lowest BCUT2D eigenvalue weighted by atomic mass is 9.96. The zero-order valence-electron chi connectivity index (χ0n) is 21.5. The molecule has 9 heteroatoms. The number of rotatable bonds is 8. The minimum absolute atomic E-state index is 0.00432. The average Bonchev–Trinajstić information content (AvgIpc) is 3.57. The molecule has 1 unspecified atom stereocenters. The van der Waals surface area contributed by atoms with Gasteiger partial charge in [0, 0.05) is 10.2 Å². The van der Waals surface area contributed by atoms with E-state index in [2.05, 4.69) is 50.4 Å². The van der Waals surface area contributed by atoms with Crippen molar-refractivity contribution >= 4 is 72.7 Å². The van der Waals surface area contributed by atoms with Crippen molar-refractivity contribution in [2.45, 2.75) is 16.1 Å². The highest BCUT2D eigenvalue weighted by Crippen LogP contribution is 2.43. The molecule has 202 valence electrons. The molecule has 0 aliphatic carbocycles. The van der Waals surface area contributed by atoms with E-state index in [1.807, 2.05) is 72.8 Å². The Bertz CT molecular complexity index is 1810. The number of allylic oxidation sites excluding steroid dienone is 1. The minimum atomic E-state index is -0.854. The van der Waals surface area contributed by atoms with Crippen LogP contribution in [0.1, 0.15) is 22.7 Å². The van der Waals surface area contributed by atoms with Crippen LogP contribution < -0.4 is 4.90 Å². The predicted molar refractivity (Wildman–Crippen MR) is 168 cm³/mol. The van der Waals surface area contributed by atoms with Crippen molar-refractivity contribution in [1.29, 1.82) is 0 Å². The second-order valence-corrected chi connectivity index (χ2v) is 12.4. The summed E-state index contributed by atoms with van der Waals surface area (Å²) in [4.78, 5) is 28.3. The van der Waals surface area contributed by atoms with Gasteiger partial charge in [-0.05, 0) is 45.7 Å². The fourth-order valence-electron chi connectivity index (χ4n) is 4.76. The van der Waals surface area contributed by atoms with Crippen LogP contribution in [0.4, 0.5) is 5.13 Å². The molecule has 1 N–H and O–H groups in total. The summed E-state index contributed by atoms with van der Waals surface area (Å²) in [6, 6.07) is 30.3. The Balaban J connectivity index is 1.30. The normalized spacial score (nSPS) is 15.4. The molecule has 1 aliphatic heterocycles. The van der Waals surface area contributed by atoms with Crippen molar-refractivity contribution < 1.29 is 14.7 Å². The quantitative estimate of drug-likeness (QED) is 0.105. The maximum absolute atomic E-state index is 13.4. The Morgan fingerprint density at radius 3 is 2.49 bits per heavy atom. The van der Waals surface area contributed by atoms with E-state index in [1.54, 1.807) is 6.08 Å². The van der Waals surface area contributed by atoms with Crippen LogP contribution in [0.25, 0.3) is 16.8 Å². The first-order valence-electron chi connectivity index (χ1n) is 12.7. The van der Waals surface area contributed by atoms with Crippen LogP contribution in [0.5, 0.6) is 0 Å². The van der Waals surface area contributed by atoms with Crippen LogP contribution in [-0.2, 0) is 15.3 Å². The van der Waals surface area contributed by atoms with Gasteiger partial charge in [0.2, 0.25) is 5.13 Å². The Morgan fingerprint density at radius 1 is 0.951 bits per heavy atom. The van der Waals surface area contributed by atoms with Gasteiger partial charge >= 0.3 is 0 Å². The highest BCUT2D eigenvalue weighted by atomic mass is 79.9. The number of ketones is 1. The second-order valence-electron chi connectivity index (χ2n) is 9.28. The fraction of sp³-hybridized carbons (Fsp3) is 0.0625. The summed E-state index contributed by atoms with van der Waals surface area (Å²) in [6.07, 6.45) is 3.05. The van der Waals surface area contributed by atoms with E-state index in [9.17, 15) is 14.7 Å². The van der Waals surface area contributed by atoms with Gasteiger partial charge in [-0.25, -0.2) is 0 Å². The third-order valence-corrected chi connectivity index (χ3v) is 9.35. The van der Waals surface area contributed by atoms with E-state index in [4.69, 9.17) is 0 Å². The highest BCUT2D eigenvalue weighted by molar-refractivity contribution is 9.10. The number of thioether (sulfide) groups is 1. The Labute approximate surface area is 253 Å². The third kappa shape index (κ3) is 5.61. The van der Waals surface area contributed by atoms with E-state index >= 15 is 0 Å². The van der Waals surface area contributed by atoms with Gasteiger partial charge in [-0.15, -0.1) is 10.2 Å². The van der Waals surface area contributed by atoms with Gasteiger partial charge in [0.25, 0.3) is 5.91 Å². The molecule has 4 aromatic carbocycles. The SMILES string of the molecule is O=C(C=Cc1ccccc1)C1=C(O)C(=O)N(c2nnc(SCc3cccc4ccccc34)s2)C1c1ccc(Br)cc1. The van der Waals surface area contributed by atoms with E-state index in [1.165, 1.54) is 50.4 Å². The van der Waals surface area contributed by atoms with E-state index in [-0.39, 0.29) is 5.57 Å². The fourth-order valence-corrected chi connectivity index (χ4v) is 6.89. The van der Waals surface area contributed by atoms with Crippen molar-refractivity contribution in [3.05, 3.63) is 136 Å². The number of fused-ring (bicyclic) bond motifs is 1. The van der Waals surface area contributed by atoms with Crippen LogP contribution in [-0.4, -0.2) is 27.0 Å². The smallest absolute Gasteiger partial charge is 0.296 e. The summed E-state index contributed by atoms with van der Waals surface area (Å²) >= 11 is 6.23. The number of aliphatic hydroxyl groups is 1. The number of benzene rings is 4. The number of carbonyl (C=O) groups is 2. The third-order valence-electron chi connectivity index (χ3n) is 6.72. The van der Waals surface area contributed by atoms with Gasteiger partial charge in [-0.3, -0.25) is 14.5 Å². The summed E-state index contributed by atoms with van der Waals surface area (Å²) in [5, 5.41) is 22.3. The molecule has 1 amide bonds. The molecule has 0 radical (unpaired) electrons. The van der Waals surface area contributed by atoms with E-state index < -0.39 is 23.5 Å². The number of aliphatic hydroxyl groups excluding tert-OH is 1. The molecule has 1 aliphatic rings. The standard InChI is InChI=1S/C32H22BrN3O3S2/c33-24-16-14-22(15-17-24)28-27(26(37)18-13-20-7-2-1-3-8-20)29(38)30(39)36(28)31-34-35-32(41-31)40-19-23-11-6-10-21-9-4-5-12-25(21)23/h1-18,28,38H,19H2. The molecule has 2 heterocycles. The number of carbonyl (C=O) groups excluding carboxylic acids is 2. The summed E-state index contributed by atoms with van der Waals surface area (Å²) in [6.45, 7) is 0. The number of nitrogens with zero attached hydrogens (tertiary/aromatic N) is 3. The molecule has 0 fully saturated rings. The lowest BCUT2D eigenvalue weighted by Crippen LogP contribution is -2.30. The van der Waals surface area contributed by atoms with E-state index in [0.29, 0.717) is 20.8 Å². The molecule has 41 heavy (non-hydrogen) atoms. The molecule has 6 nitrogen and oxygen atoms in total. The summed E-state index contributed by atoms with van der Waals surface area (Å²) in [5.74, 6) is -1.04. The molecule has 0 bridgehead atoms. The lowest BCUT2D eigenvalue weighted by molar-refractivity contribution is -0.117. The number of hydrogen-bond acceptors (Lipinski definition) is 7. The van der Waals surface area contributed by atoms with Crippen molar-refractivity contribution in [3.63, 3.8) is 0 Å². The van der Waals surface area contributed by atoms with E-state index in [0.717, 1.165) is 10.0 Å². The summed E-state index contributed by atoms with van der Waals surface area (Å²) < 4.78 is 1.53. The van der Waals surface area contributed by atoms with Gasteiger partial charge in [0.15, 0.2) is 15.9 Å². The highest BCUT2D eigenvalue weighted by Gasteiger charge is 2.45. The molecule has 0 saturated carbocycles. The maximum atomic E-state index is 13.4. The van der Waals surface area contributed by atoms with Crippen LogP contribution in [0.2, 0.25) is 0 Å². The van der Waals surface area contributed by atoms with Crippen LogP contribution in [0, 0.1) is 0 Å².